The summed E-state index contributed by atoms with van der Waals surface area (Å²) < 4.78 is 58.4. The molecular formula is C81H120Br4Cl4F4. The molecule has 0 aliphatic carbocycles. The van der Waals surface area contributed by atoms with Crippen LogP contribution in [0.5, 0.6) is 0 Å². The molecule has 0 atom stereocenters. The van der Waals surface area contributed by atoms with Crippen molar-refractivity contribution in [2.75, 3.05) is 0 Å². The van der Waals surface area contributed by atoms with Crippen LogP contribution in [-0.2, 0) is 32.5 Å². The molecule has 0 aliphatic heterocycles. The molecule has 0 saturated carbocycles. The summed E-state index contributed by atoms with van der Waals surface area (Å²) in [5.41, 5.74) is 7.68. The van der Waals surface area contributed by atoms with Crippen molar-refractivity contribution in [2.24, 2.45) is 17.8 Å². The van der Waals surface area contributed by atoms with Gasteiger partial charge in [-0.2, -0.15) is 0 Å². The molecule has 0 spiro atoms. The summed E-state index contributed by atoms with van der Waals surface area (Å²) in [6.07, 6.45) is 0. The van der Waals surface area contributed by atoms with Crippen molar-refractivity contribution in [1.29, 1.82) is 0 Å². The Labute approximate surface area is 621 Å². The second-order valence-corrected chi connectivity index (χ2v) is 37.6. The Morgan fingerprint density at radius 2 is 0.462 bits per heavy atom. The van der Waals surface area contributed by atoms with Crippen LogP contribution in [0.15, 0.2) is 109 Å². The van der Waals surface area contributed by atoms with E-state index in [0.29, 0.717) is 17.4 Å². The molecule has 0 aliphatic rings. The lowest BCUT2D eigenvalue weighted by Crippen LogP contribution is -2.16. The van der Waals surface area contributed by atoms with Crippen molar-refractivity contribution in [1.82, 2.24) is 0 Å². The van der Waals surface area contributed by atoms with E-state index in [1.54, 1.807) is 20.8 Å². The molecule has 0 N–H and O–H groups in total. The highest BCUT2D eigenvalue weighted by Crippen LogP contribution is 2.41. The Bertz CT molecular complexity index is 2680. The fraction of sp³-hybridized carbons (Fsp3) is 0.556. The standard InChI is InChI=1S/C13H18Br2.C13H18Cl2.C13H18F2.C10H12Br2.C10H12Cl2.C10H12F2.3C4H10/c3*1-8(2)9-6-10(14)12(11(15)7-9)13(3,4)5;3*1-10(2,3)9-7(11)5-4-6-8(9)12;3*1-4(2)3/h3*6-8H,1-5H3;3*4-6H,1-3H3;3*4H,1-3H3. The van der Waals surface area contributed by atoms with Gasteiger partial charge in [-0.25, -0.2) is 17.6 Å². The van der Waals surface area contributed by atoms with Gasteiger partial charge in [0.25, 0.3) is 0 Å². The Morgan fingerprint density at radius 1 is 0.258 bits per heavy atom. The van der Waals surface area contributed by atoms with Gasteiger partial charge in [0.2, 0.25) is 0 Å². The van der Waals surface area contributed by atoms with E-state index < -0.39 is 34.1 Å². The third kappa shape index (κ3) is 37.8. The van der Waals surface area contributed by atoms with Crippen LogP contribution in [0.3, 0.4) is 0 Å². The second-order valence-electron chi connectivity index (χ2n) is 32.5. The summed E-state index contributed by atoms with van der Waals surface area (Å²) in [7, 11) is 0. The van der Waals surface area contributed by atoms with Gasteiger partial charge in [-0.3, -0.25) is 0 Å². The molecule has 93 heavy (non-hydrogen) atoms. The van der Waals surface area contributed by atoms with Gasteiger partial charge in [0.05, 0.1) is 0 Å². The molecule has 6 aromatic carbocycles. The van der Waals surface area contributed by atoms with E-state index in [0.717, 1.165) is 49.0 Å². The van der Waals surface area contributed by atoms with Crippen LogP contribution in [0.4, 0.5) is 17.6 Å². The quantitative estimate of drug-likeness (QED) is 0.155. The van der Waals surface area contributed by atoms with Gasteiger partial charge in [-0.1, -0.05) is 357 Å². The zero-order valence-electron chi connectivity index (χ0n) is 63.2. The van der Waals surface area contributed by atoms with E-state index in [1.807, 2.05) is 71.0 Å². The van der Waals surface area contributed by atoms with Gasteiger partial charge in [-0.05, 0) is 180 Å². The van der Waals surface area contributed by atoms with Gasteiger partial charge < -0.3 is 0 Å². The Hall–Kier alpha value is -1.88. The fourth-order valence-electron chi connectivity index (χ4n) is 8.57. The van der Waals surface area contributed by atoms with E-state index >= 15 is 0 Å². The molecule has 0 aromatic heterocycles. The first-order chi connectivity index (χ1) is 41.7. The summed E-state index contributed by atoms with van der Waals surface area (Å²) in [5.74, 6) is 1.84. The molecule has 6 rings (SSSR count). The molecule has 6 aromatic rings. The van der Waals surface area contributed by atoms with Crippen LogP contribution in [0.25, 0.3) is 0 Å². The number of rotatable bonds is 3. The molecule has 528 valence electrons. The molecular weight excluding hydrogens is 1510 g/mol. The summed E-state index contributed by atoms with van der Waals surface area (Å²) in [4.78, 5) is 0. The Kier molecular flexibility index (Phi) is 43.3. The van der Waals surface area contributed by atoms with Crippen LogP contribution in [0, 0.1) is 41.0 Å². The Balaban J connectivity index is -0.00000101. The Morgan fingerprint density at radius 3 is 0.688 bits per heavy atom. The second kappa shape index (κ2) is 42.3. The fourth-order valence-corrected chi connectivity index (χ4v) is 15.2. The van der Waals surface area contributed by atoms with E-state index in [9.17, 15) is 17.6 Å². The van der Waals surface area contributed by atoms with E-state index in [2.05, 4.69) is 261 Å². The first-order valence-electron chi connectivity index (χ1n) is 32.5. The average molecular weight is 1630 g/mol. The molecule has 0 heterocycles. The lowest BCUT2D eigenvalue weighted by molar-refractivity contribution is 0.472. The average Bonchev–Trinajstić information content (AvgIpc) is 3.31. The maximum Gasteiger partial charge on any atom is 0.130 e. The molecule has 0 amide bonds. The first-order valence-corrected chi connectivity index (χ1v) is 37.2. The van der Waals surface area contributed by atoms with E-state index in [4.69, 9.17) is 46.4 Å². The molecule has 0 bridgehead atoms. The molecule has 12 heteroatoms. The summed E-state index contributed by atoms with van der Waals surface area (Å²) in [5, 5.41) is 3.04. The highest BCUT2D eigenvalue weighted by Gasteiger charge is 2.27. The van der Waals surface area contributed by atoms with Crippen LogP contribution >= 0.6 is 110 Å². The lowest BCUT2D eigenvalue weighted by atomic mass is 9.85. The summed E-state index contributed by atoms with van der Waals surface area (Å²) >= 11 is 39.1. The van der Waals surface area contributed by atoms with E-state index in [1.165, 1.54) is 70.5 Å². The molecule has 0 unspecified atom stereocenters. The van der Waals surface area contributed by atoms with Crippen molar-refractivity contribution in [3.8, 4) is 0 Å². The van der Waals surface area contributed by atoms with Gasteiger partial charge in [-0.15, -0.1) is 0 Å². The number of benzene rings is 6. The molecule has 0 radical (unpaired) electrons. The maximum absolute atomic E-state index is 13.7. The topological polar surface area (TPSA) is 0 Å². The third-order valence-corrected chi connectivity index (χ3v) is 16.4. The number of halogens is 12. The van der Waals surface area contributed by atoms with Crippen LogP contribution in [0.1, 0.15) is 296 Å². The minimum atomic E-state index is -0.496. The zero-order chi connectivity index (χ0) is 74.2. The largest absolute Gasteiger partial charge is 0.207 e. The zero-order valence-corrected chi connectivity index (χ0v) is 72.5. The SMILES string of the molecule is CC(C)(C)c1c(Br)cccc1Br.CC(C)(C)c1c(Cl)cccc1Cl.CC(C)(C)c1c(F)cccc1F.CC(C)C.CC(C)C.CC(C)C.CC(C)c1cc(Br)c(C(C)(C)C)c(Br)c1.CC(C)c1cc(Cl)c(C(C)(C)C)c(Cl)c1.CC(C)c1cc(F)c(C(C)(C)C)c(F)c1. The minimum absolute atomic E-state index is 0.00935. The predicted molar refractivity (Wildman–Crippen MR) is 425 cm³/mol. The third-order valence-electron chi connectivity index (χ3n) is 12.6. The van der Waals surface area contributed by atoms with Crippen molar-refractivity contribution in [3.63, 3.8) is 0 Å². The van der Waals surface area contributed by atoms with Crippen molar-refractivity contribution < 1.29 is 17.6 Å². The highest BCUT2D eigenvalue weighted by atomic mass is 79.9. The smallest absolute Gasteiger partial charge is 0.130 e. The van der Waals surface area contributed by atoms with Crippen molar-refractivity contribution in [2.45, 2.75) is 279 Å². The molecule has 0 fully saturated rings. The molecule has 0 nitrogen and oxygen atoms in total. The van der Waals surface area contributed by atoms with Crippen LogP contribution in [0.2, 0.25) is 20.1 Å². The van der Waals surface area contributed by atoms with Gasteiger partial charge in [0.15, 0.2) is 0 Å². The lowest BCUT2D eigenvalue weighted by Gasteiger charge is -2.24. The van der Waals surface area contributed by atoms with Gasteiger partial charge >= 0.3 is 0 Å². The predicted octanol–water partition coefficient (Wildman–Crippen LogP) is 32.5. The highest BCUT2D eigenvalue weighted by molar-refractivity contribution is 9.11. The van der Waals surface area contributed by atoms with Crippen molar-refractivity contribution in [3.05, 3.63) is 202 Å². The van der Waals surface area contributed by atoms with Gasteiger partial charge in [0.1, 0.15) is 23.3 Å². The normalized spacial score (nSPS) is 11.6. The maximum atomic E-state index is 13.7. The van der Waals surface area contributed by atoms with Gasteiger partial charge in [0, 0.05) is 49.1 Å². The summed E-state index contributed by atoms with van der Waals surface area (Å²) in [6.45, 7) is 68.8. The van der Waals surface area contributed by atoms with Crippen LogP contribution in [-0.4, -0.2) is 0 Å². The number of hydrogen-bond acceptors (Lipinski definition) is 0. The van der Waals surface area contributed by atoms with Crippen molar-refractivity contribution >= 4 is 110 Å². The first kappa shape index (κ1) is 95.3. The molecule has 0 saturated heterocycles. The monoisotopic (exact) mass is 1620 g/mol. The van der Waals surface area contributed by atoms with E-state index in [-0.39, 0.29) is 38.7 Å². The number of hydrogen-bond donors (Lipinski definition) is 0. The van der Waals surface area contributed by atoms with Crippen LogP contribution < -0.4 is 0 Å². The summed E-state index contributed by atoms with van der Waals surface area (Å²) in [6, 6.07) is 27.1. The minimum Gasteiger partial charge on any atom is -0.207 e.